The topological polar surface area (TPSA) is 58.6 Å². The zero-order valence-corrected chi connectivity index (χ0v) is 15.8. The van der Waals surface area contributed by atoms with Crippen LogP contribution in [0.2, 0.25) is 0 Å². The van der Waals surface area contributed by atoms with E-state index in [1.165, 1.54) is 12.1 Å². The van der Waals surface area contributed by atoms with Gasteiger partial charge in [0, 0.05) is 19.5 Å². The zero-order chi connectivity index (χ0) is 19.1. The number of nitrogens with zero attached hydrogens (tertiary/aromatic N) is 1. The van der Waals surface area contributed by atoms with Gasteiger partial charge < -0.3 is 15.0 Å². The number of morpholine rings is 1. The molecule has 144 valence electrons. The van der Waals surface area contributed by atoms with Gasteiger partial charge in [0.15, 0.2) is 0 Å². The van der Waals surface area contributed by atoms with Crippen molar-refractivity contribution < 1.29 is 18.7 Å². The Labute approximate surface area is 154 Å². The average Bonchev–Trinajstić information content (AvgIpc) is 2.61. The maximum absolute atomic E-state index is 13.0. The fourth-order valence-electron chi connectivity index (χ4n) is 3.14. The van der Waals surface area contributed by atoms with Crippen LogP contribution in [0, 0.1) is 11.7 Å². The molecule has 5 nitrogen and oxygen atoms in total. The van der Waals surface area contributed by atoms with Crippen LogP contribution in [0.15, 0.2) is 24.3 Å². The van der Waals surface area contributed by atoms with E-state index < -0.39 is 6.04 Å². The fraction of sp³-hybridized carbons (Fsp3) is 0.600. The molecule has 0 aromatic heterocycles. The van der Waals surface area contributed by atoms with Crippen LogP contribution in [-0.2, 0) is 14.3 Å². The number of nitrogens with one attached hydrogen (secondary N) is 1. The number of ether oxygens (including phenoxy) is 1. The minimum absolute atomic E-state index is 0.0372. The fourth-order valence-corrected chi connectivity index (χ4v) is 3.14. The average molecular weight is 364 g/mol. The summed E-state index contributed by atoms with van der Waals surface area (Å²) in [7, 11) is 0. The summed E-state index contributed by atoms with van der Waals surface area (Å²) in [5, 5.41) is 2.91. The van der Waals surface area contributed by atoms with Gasteiger partial charge in [0.1, 0.15) is 11.9 Å². The van der Waals surface area contributed by atoms with E-state index in [0.717, 1.165) is 5.56 Å². The minimum Gasteiger partial charge on any atom is -0.378 e. The number of hydrogen-bond acceptors (Lipinski definition) is 3. The molecule has 1 unspecified atom stereocenters. The van der Waals surface area contributed by atoms with E-state index in [1.807, 2.05) is 20.8 Å². The lowest BCUT2D eigenvalue weighted by Gasteiger charge is -2.31. The second kappa shape index (κ2) is 9.67. The van der Waals surface area contributed by atoms with Crippen LogP contribution in [0.3, 0.4) is 0 Å². The second-order valence-electron chi connectivity index (χ2n) is 7.34. The summed E-state index contributed by atoms with van der Waals surface area (Å²) in [6.07, 6.45) is 0.865. The number of halogens is 1. The molecular weight excluding hydrogens is 335 g/mol. The van der Waals surface area contributed by atoms with Gasteiger partial charge in [-0.2, -0.15) is 0 Å². The third-order valence-corrected chi connectivity index (χ3v) is 4.59. The Hall–Kier alpha value is -1.95. The minimum atomic E-state index is -0.513. The summed E-state index contributed by atoms with van der Waals surface area (Å²) in [5.74, 6) is -0.244. The number of carbonyl (C=O) groups is 2. The van der Waals surface area contributed by atoms with Gasteiger partial charge in [-0.25, -0.2) is 4.39 Å². The molecule has 1 fully saturated rings. The number of rotatable bonds is 7. The number of amides is 2. The first-order valence-electron chi connectivity index (χ1n) is 9.28. The number of benzene rings is 1. The first kappa shape index (κ1) is 20.4. The van der Waals surface area contributed by atoms with Crippen LogP contribution < -0.4 is 5.32 Å². The van der Waals surface area contributed by atoms with Crippen molar-refractivity contribution in [1.29, 1.82) is 0 Å². The van der Waals surface area contributed by atoms with Gasteiger partial charge in [-0.3, -0.25) is 9.59 Å². The molecule has 0 bridgehead atoms. The van der Waals surface area contributed by atoms with Gasteiger partial charge in [0.05, 0.1) is 13.2 Å². The number of carbonyl (C=O) groups excluding carboxylic acids is 2. The summed E-state index contributed by atoms with van der Waals surface area (Å²) in [5.41, 5.74) is 0.904. The number of hydrogen-bond donors (Lipinski definition) is 1. The lowest BCUT2D eigenvalue weighted by molar-refractivity contribution is -0.140. The predicted octanol–water partition coefficient (Wildman–Crippen LogP) is 2.71. The van der Waals surface area contributed by atoms with Crippen LogP contribution in [0.4, 0.5) is 4.39 Å². The van der Waals surface area contributed by atoms with Gasteiger partial charge in [-0.15, -0.1) is 0 Å². The Balaban J connectivity index is 1.96. The first-order valence-corrected chi connectivity index (χ1v) is 9.28. The van der Waals surface area contributed by atoms with E-state index in [0.29, 0.717) is 38.6 Å². The lowest BCUT2D eigenvalue weighted by Crippen LogP contribution is -2.52. The predicted molar refractivity (Wildman–Crippen MR) is 98.2 cm³/mol. The van der Waals surface area contributed by atoms with Crippen molar-refractivity contribution >= 4 is 11.8 Å². The van der Waals surface area contributed by atoms with E-state index in [-0.39, 0.29) is 30.0 Å². The van der Waals surface area contributed by atoms with Crippen molar-refractivity contribution in [3.8, 4) is 0 Å². The molecule has 1 aromatic rings. The highest BCUT2D eigenvalue weighted by atomic mass is 19.1. The highest BCUT2D eigenvalue weighted by Crippen LogP contribution is 2.19. The van der Waals surface area contributed by atoms with Gasteiger partial charge in [0.25, 0.3) is 0 Å². The molecule has 0 spiro atoms. The van der Waals surface area contributed by atoms with E-state index in [2.05, 4.69) is 5.32 Å². The maximum Gasteiger partial charge on any atom is 0.245 e. The molecule has 1 aromatic carbocycles. The molecule has 1 N–H and O–H groups in total. The van der Waals surface area contributed by atoms with Gasteiger partial charge >= 0.3 is 0 Å². The van der Waals surface area contributed by atoms with Crippen LogP contribution in [0.1, 0.15) is 45.1 Å². The van der Waals surface area contributed by atoms with Gasteiger partial charge in [-0.1, -0.05) is 32.9 Å². The Bertz CT molecular complexity index is 598. The monoisotopic (exact) mass is 364 g/mol. The van der Waals surface area contributed by atoms with Crippen molar-refractivity contribution in [3.05, 3.63) is 35.6 Å². The quantitative estimate of drug-likeness (QED) is 0.809. The molecule has 0 radical (unpaired) electrons. The molecule has 26 heavy (non-hydrogen) atoms. The van der Waals surface area contributed by atoms with Crippen LogP contribution in [0.5, 0.6) is 0 Å². The third kappa shape index (κ3) is 6.09. The van der Waals surface area contributed by atoms with E-state index >= 15 is 0 Å². The van der Waals surface area contributed by atoms with E-state index in [4.69, 9.17) is 4.74 Å². The van der Waals surface area contributed by atoms with Crippen LogP contribution in [-0.4, -0.2) is 49.1 Å². The molecule has 1 heterocycles. The standard InChI is InChI=1S/C20H29FN2O3/c1-14(2)12-18(20(25)23-8-10-26-11-9-23)22-19(24)13-15(3)16-4-6-17(21)7-5-16/h4-7,14-15,18H,8-13H2,1-3H3,(H,22,24)/t15?,18-/m0/s1. The molecule has 2 amide bonds. The molecule has 2 atom stereocenters. The van der Waals surface area contributed by atoms with Crippen LogP contribution in [0.25, 0.3) is 0 Å². The summed E-state index contributed by atoms with van der Waals surface area (Å²) in [6.45, 7) is 8.20. The Kier molecular flexibility index (Phi) is 7.57. The SMILES string of the molecule is CC(C)C[C@H](NC(=O)CC(C)c1ccc(F)cc1)C(=O)N1CCOCC1. The third-order valence-electron chi connectivity index (χ3n) is 4.59. The van der Waals surface area contributed by atoms with Crippen molar-refractivity contribution in [3.63, 3.8) is 0 Å². The second-order valence-corrected chi connectivity index (χ2v) is 7.34. The van der Waals surface area contributed by atoms with Crippen molar-refractivity contribution in [1.82, 2.24) is 10.2 Å². The molecule has 6 heteroatoms. The normalized spacial score (nSPS) is 17.0. The van der Waals surface area contributed by atoms with Crippen LogP contribution >= 0.6 is 0 Å². The highest BCUT2D eigenvalue weighted by molar-refractivity contribution is 5.88. The molecule has 1 saturated heterocycles. The summed E-state index contributed by atoms with van der Waals surface area (Å²) < 4.78 is 18.3. The van der Waals surface area contributed by atoms with Crippen molar-refractivity contribution in [2.24, 2.45) is 5.92 Å². The zero-order valence-electron chi connectivity index (χ0n) is 15.8. The van der Waals surface area contributed by atoms with E-state index in [1.54, 1.807) is 17.0 Å². The van der Waals surface area contributed by atoms with Gasteiger partial charge in [-0.05, 0) is 36.0 Å². The Morgan fingerprint density at radius 3 is 2.35 bits per heavy atom. The van der Waals surface area contributed by atoms with Crippen molar-refractivity contribution in [2.45, 2.75) is 45.6 Å². The molecule has 1 aliphatic rings. The molecule has 0 aliphatic carbocycles. The molecule has 2 rings (SSSR count). The molecule has 1 aliphatic heterocycles. The van der Waals surface area contributed by atoms with Crippen molar-refractivity contribution in [2.75, 3.05) is 26.3 Å². The molecular formula is C20H29FN2O3. The summed E-state index contributed by atoms with van der Waals surface area (Å²) in [4.78, 5) is 27.0. The highest BCUT2D eigenvalue weighted by Gasteiger charge is 2.28. The largest absolute Gasteiger partial charge is 0.378 e. The Morgan fingerprint density at radius 1 is 1.15 bits per heavy atom. The van der Waals surface area contributed by atoms with E-state index in [9.17, 15) is 14.0 Å². The summed E-state index contributed by atoms with van der Waals surface area (Å²) >= 11 is 0. The smallest absolute Gasteiger partial charge is 0.245 e. The molecule has 0 saturated carbocycles. The Morgan fingerprint density at radius 2 is 1.77 bits per heavy atom. The maximum atomic E-state index is 13.0. The van der Waals surface area contributed by atoms with Gasteiger partial charge in [0.2, 0.25) is 11.8 Å². The summed E-state index contributed by atoms with van der Waals surface area (Å²) in [6, 6.07) is 5.66. The lowest BCUT2D eigenvalue weighted by atomic mass is 9.96. The first-order chi connectivity index (χ1) is 12.4.